The second-order valence-electron chi connectivity index (χ2n) is 3.27. The van der Waals surface area contributed by atoms with Crippen LogP contribution in [0.1, 0.15) is 0 Å². The highest BCUT2D eigenvalue weighted by atomic mass is 31.2. The lowest BCUT2D eigenvalue weighted by Gasteiger charge is -2.21. The molecule has 2 unspecified atom stereocenters. The maximum absolute atomic E-state index is 11.1. The van der Waals surface area contributed by atoms with Crippen molar-refractivity contribution in [1.29, 1.82) is 0 Å². The van der Waals surface area contributed by atoms with E-state index in [0.29, 0.717) is 0 Å². The van der Waals surface area contributed by atoms with Gasteiger partial charge >= 0.3 is 7.82 Å². The highest BCUT2D eigenvalue weighted by Gasteiger charge is 2.45. The third kappa shape index (κ3) is 3.01. The molecule has 1 rings (SSSR count). The first-order valence-electron chi connectivity index (χ1n) is 4.42. The zero-order valence-corrected chi connectivity index (χ0v) is 9.33. The van der Waals surface area contributed by atoms with Crippen molar-refractivity contribution < 1.29 is 33.5 Å². The van der Waals surface area contributed by atoms with Crippen LogP contribution in [0.15, 0.2) is 0 Å². The number of phosphoric acid groups is 1. The molecule has 0 spiro atoms. The van der Waals surface area contributed by atoms with Gasteiger partial charge in [-0.2, -0.15) is 0 Å². The highest BCUT2D eigenvalue weighted by molar-refractivity contribution is 7.47. The van der Waals surface area contributed by atoms with Gasteiger partial charge in [0.2, 0.25) is 0 Å². The van der Waals surface area contributed by atoms with Crippen molar-refractivity contribution in [2.24, 2.45) is 0 Å². The van der Waals surface area contributed by atoms with Gasteiger partial charge in [-0.1, -0.05) is 0 Å². The molecule has 0 aromatic rings. The Hall–Kier alpha value is 0.0549. The van der Waals surface area contributed by atoms with E-state index in [0.717, 1.165) is 7.11 Å². The summed E-state index contributed by atoms with van der Waals surface area (Å²) in [7, 11) is -1.60. The van der Waals surface area contributed by atoms with Crippen LogP contribution >= 0.6 is 7.82 Å². The van der Waals surface area contributed by atoms with E-state index in [-0.39, 0.29) is 0 Å². The van der Waals surface area contributed by atoms with E-state index in [1.165, 1.54) is 0 Å². The van der Waals surface area contributed by atoms with Crippen molar-refractivity contribution in [2.75, 3.05) is 13.7 Å². The summed E-state index contributed by atoms with van der Waals surface area (Å²) < 4.78 is 25.1. The molecule has 0 amide bonds. The van der Waals surface area contributed by atoms with Crippen LogP contribution in [-0.2, 0) is 18.3 Å². The number of phosphoric ester groups is 1. The summed E-state index contributed by atoms with van der Waals surface area (Å²) in [5.74, 6) is 0. The first kappa shape index (κ1) is 13.1. The number of ether oxygens (including phenoxy) is 1. The Kier molecular flexibility index (Phi) is 4.31. The first-order valence-corrected chi connectivity index (χ1v) is 5.92. The minimum Gasteiger partial charge on any atom is -0.394 e. The fraction of sp³-hybridized carbons (Fsp3) is 1.00. The molecule has 0 aromatic heterocycles. The summed E-state index contributed by atoms with van der Waals surface area (Å²) in [4.78, 5) is 9.06. The Morgan fingerprint density at radius 2 is 2.20 bits per heavy atom. The smallest absolute Gasteiger partial charge is 0.394 e. The Labute approximate surface area is 88.0 Å². The third-order valence-corrected chi connectivity index (χ3v) is 3.21. The van der Waals surface area contributed by atoms with Gasteiger partial charge in [-0.15, -0.1) is 0 Å². The van der Waals surface area contributed by atoms with Gasteiger partial charge in [0.05, 0.1) is 12.6 Å². The first-order chi connectivity index (χ1) is 6.91. The lowest BCUT2D eigenvalue weighted by atomic mass is 9.93. The molecular weight excluding hydrogens is 226 g/mol. The van der Waals surface area contributed by atoms with Crippen molar-refractivity contribution in [3.8, 4) is 0 Å². The van der Waals surface area contributed by atoms with Crippen molar-refractivity contribution in [3.63, 3.8) is 0 Å². The molecule has 1 saturated heterocycles. The van der Waals surface area contributed by atoms with E-state index in [4.69, 9.17) is 14.7 Å². The van der Waals surface area contributed by atoms with Crippen LogP contribution in [-0.4, -0.2) is 61.0 Å². The predicted molar refractivity (Wildman–Crippen MR) is 52.0 cm³/mol. The highest BCUT2D eigenvalue weighted by Crippen LogP contribution is 2.46. The van der Waals surface area contributed by atoms with Crippen LogP contribution in [0.5, 0.6) is 0 Å². The summed E-state index contributed by atoms with van der Waals surface area (Å²) in [5, 5.41) is 18.5. The number of rotatable bonds is 4. The summed E-state index contributed by atoms with van der Waals surface area (Å²) in [6.07, 6.45) is -2.97. The van der Waals surface area contributed by atoms with E-state index in [1.54, 1.807) is 7.85 Å². The molecule has 15 heavy (non-hydrogen) atoms. The number of aliphatic hydroxyl groups excluding tert-OH is 2. The molecule has 9 heteroatoms. The molecule has 0 aromatic carbocycles. The quantitative estimate of drug-likeness (QED) is 0.379. The maximum atomic E-state index is 11.1. The summed E-state index contributed by atoms with van der Waals surface area (Å²) in [6.45, 7) is -0.407. The van der Waals surface area contributed by atoms with Crippen molar-refractivity contribution in [2.45, 2.75) is 24.3 Å². The summed E-state index contributed by atoms with van der Waals surface area (Å²) in [6, 6.07) is -0.566. The Morgan fingerprint density at radius 3 is 2.67 bits per heavy atom. The van der Waals surface area contributed by atoms with Gasteiger partial charge in [0, 0.05) is 7.11 Å². The molecule has 0 bridgehead atoms. The number of hydrogen-bond donors (Lipinski definition) is 3. The van der Waals surface area contributed by atoms with E-state index < -0.39 is 38.7 Å². The number of hydrogen-bond acceptors (Lipinski definition) is 6. The Balaban J connectivity index is 2.70. The third-order valence-electron chi connectivity index (χ3n) is 2.24. The van der Waals surface area contributed by atoms with Crippen LogP contribution in [0, 0.1) is 0 Å². The minimum atomic E-state index is -4.19. The zero-order valence-electron chi connectivity index (χ0n) is 8.44. The molecule has 1 heterocycles. The predicted octanol–water partition coefficient (Wildman–Crippen LogP) is -2.17. The van der Waals surface area contributed by atoms with Crippen molar-refractivity contribution in [3.05, 3.63) is 0 Å². The van der Waals surface area contributed by atoms with Gasteiger partial charge in [0.25, 0.3) is 0 Å². The number of aliphatic hydroxyl groups is 2. The average molecular weight is 240 g/mol. The lowest BCUT2D eigenvalue weighted by Crippen LogP contribution is -2.36. The standard InChI is InChI=1S/C6H14BO7P/c1-12-15(10,11)14-5-3(2-8)13-6(7)4(5)9/h3-6,8-9H,2,7H2,1H3,(H,10,11)/t3-,4?,5+,6-/m1/s1. The largest absolute Gasteiger partial charge is 0.472 e. The molecule has 0 saturated carbocycles. The minimum absolute atomic E-state index is 0.407. The summed E-state index contributed by atoms with van der Waals surface area (Å²) >= 11 is 0. The molecule has 0 radical (unpaired) electrons. The van der Waals surface area contributed by atoms with Gasteiger partial charge in [0.15, 0.2) is 0 Å². The lowest BCUT2D eigenvalue weighted by molar-refractivity contribution is -0.0109. The summed E-state index contributed by atoms with van der Waals surface area (Å²) in [5.41, 5.74) is 0. The fourth-order valence-electron chi connectivity index (χ4n) is 1.39. The van der Waals surface area contributed by atoms with Crippen LogP contribution in [0.4, 0.5) is 0 Å². The van der Waals surface area contributed by atoms with Crippen LogP contribution < -0.4 is 0 Å². The Bertz CT molecular complexity index is 262. The van der Waals surface area contributed by atoms with Crippen LogP contribution in [0.2, 0.25) is 0 Å². The van der Waals surface area contributed by atoms with Crippen molar-refractivity contribution in [1.82, 2.24) is 0 Å². The molecule has 5 atom stereocenters. The van der Waals surface area contributed by atoms with E-state index in [1.807, 2.05) is 0 Å². The average Bonchev–Trinajstić information content (AvgIpc) is 2.45. The van der Waals surface area contributed by atoms with Crippen LogP contribution in [0.25, 0.3) is 0 Å². The normalized spacial score (nSPS) is 40.3. The zero-order chi connectivity index (χ0) is 11.6. The Morgan fingerprint density at radius 1 is 1.60 bits per heavy atom. The molecule has 3 N–H and O–H groups in total. The van der Waals surface area contributed by atoms with Gasteiger partial charge in [0.1, 0.15) is 26.2 Å². The fourth-order valence-corrected chi connectivity index (χ4v) is 2.05. The van der Waals surface area contributed by atoms with E-state index in [2.05, 4.69) is 9.05 Å². The van der Waals surface area contributed by atoms with Gasteiger partial charge < -0.3 is 19.8 Å². The molecule has 7 nitrogen and oxygen atoms in total. The topological polar surface area (TPSA) is 105 Å². The van der Waals surface area contributed by atoms with Crippen molar-refractivity contribution >= 4 is 15.7 Å². The molecule has 1 aliphatic rings. The second kappa shape index (κ2) is 4.92. The second-order valence-corrected chi connectivity index (χ2v) is 4.79. The molecule has 1 aliphatic heterocycles. The molecular formula is C6H14BO7P. The SMILES string of the molecule is B[C@@H]1O[C@H](CO)[C@H](OP(=O)(O)OC)C1O. The molecule has 1 fully saturated rings. The van der Waals surface area contributed by atoms with E-state index >= 15 is 0 Å². The van der Waals surface area contributed by atoms with E-state index in [9.17, 15) is 9.67 Å². The van der Waals surface area contributed by atoms with Gasteiger partial charge in [-0.05, 0) is 0 Å². The monoisotopic (exact) mass is 240 g/mol. The van der Waals surface area contributed by atoms with Crippen LogP contribution in [0.3, 0.4) is 0 Å². The maximum Gasteiger partial charge on any atom is 0.472 e. The van der Waals surface area contributed by atoms with Gasteiger partial charge in [-0.3, -0.25) is 9.05 Å². The van der Waals surface area contributed by atoms with Gasteiger partial charge in [-0.25, -0.2) is 4.57 Å². The molecule has 0 aliphatic carbocycles. The molecule has 88 valence electrons.